The Hall–Kier alpha value is -2.95. The molecule has 0 bridgehead atoms. The molecule has 8 nitrogen and oxygen atoms in total. The van der Waals surface area contributed by atoms with Gasteiger partial charge in [-0.3, -0.25) is 4.79 Å². The van der Waals surface area contributed by atoms with E-state index in [2.05, 4.69) is 10.0 Å². The summed E-state index contributed by atoms with van der Waals surface area (Å²) in [5.41, 5.74) is 3.93. The Balaban J connectivity index is 0.00000560. The number of hydrogen-bond donors (Lipinski definition) is 4. The summed E-state index contributed by atoms with van der Waals surface area (Å²) in [6.07, 6.45) is 0.292. The van der Waals surface area contributed by atoms with Crippen LogP contribution in [0.5, 0.6) is 5.75 Å². The molecule has 0 saturated carbocycles. The zero-order chi connectivity index (χ0) is 28.3. The highest BCUT2D eigenvalue weighted by Gasteiger charge is 2.20. The maximum Gasteiger partial charge on any atom is 0.268 e. The van der Waals surface area contributed by atoms with Crippen molar-refractivity contribution < 1.29 is 28.2 Å². The largest absolute Gasteiger partial charge is 0.492 e. The van der Waals surface area contributed by atoms with Gasteiger partial charge in [0.2, 0.25) is 10.0 Å². The molecule has 0 fully saturated rings. The summed E-state index contributed by atoms with van der Waals surface area (Å²) < 4.78 is 32.3. The summed E-state index contributed by atoms with van der Waals surface area (Å²) >= 11 is 0. The lowest BCUT2D eigenvalue weighted by molar-refractivity contribution is 0.0976. The Morgan fingerprint density at radius 2 is 1.65 bits per heavy atom. The number of ether oxygens (including phenoxy) is 1. The van der Waals surface area contributed by atoms with Crippen LogP contribution < -0.4 is 14.8 Å². The first-order valence-electron chi connectivity index (χ1n) is 13.1. The monoisotopic (exact) mass is 590 g/mol. The molecule has 1 atom stereocenters. The van der Waals surface area contributed by atoms with Crippen LogP contribution in [0.3, 0.4) is 0 Å². The van der Waals surface area contributed by atoms with Gasteiger partial charge in [0, 0.05) is 13.2 Å². The molecule has 0 heterocycles. The van der Waals surface area contributed by atoms with Crippen LogP contribution in [0.2, 0.25) is 0 Å². The Morgan fingerprint density at radius 1 is 0.975 bits per heavy atom. The molecule has 0 aliphatic carbocycles. The van der Waals surface area contributed by atoms with Gasteiger partial charge >= 0.3 is 0 Å². The van der Waals surface area contributed by atoms with Crippen molar-refractivity contribution in [3.8, 4) is 16.9 Å². The number of aliphatic hydroxyl groups is 2. The Bertz CT molecular complexity index is 1300. The Morgan fingerprint density at radius 3 is 2.30 bits per heavy atom. The van der Waals surface area contributed by atoms with Gasteiger partial charge in [0.15, 0.2) is 0 Å². The zero-order valence-electron chi connectivity index (χ0n) is 22.9. The van der Waals surface area contributed by atoms with E-state index in [1.54, 1.807) is 18.2 Å². The molecular formula is C30H39ClN2O6S. The fraction of sp³-hybridized carbons (Fsp3) is 0.367. The first kappa shape index (κ1) is 33.3. The van der Waals surface area contributed by atoms with E-state index in [1.807, 2.05) is 68.4 Å². The van der Waals surface area contributed by atoms with Gasteiger partial charge in [-0.25, -0.2) is 13.1 Å². The van der Waals surface area contributed by atoms with Crippen molar-refractivity contribution in [1.82, 2.24) is 10.0 Å². The van der Waals surface area contributed by atoms with E-state index in [0.29, 0.717) is 18.9 Å². The minimum atomic E-state index is -3.87. The fourth-order valence-corrected chi connectivity index (χ4v) is 4.90. The van der Waals surface area contributed by atoms with Gasteiger partial charge in [0.25, 0.3) is 5.91 Å². The molecule has 0 saturated heterocycles. The van der Waals surface area contributed by atoms with Gasteiger partial charge in [-0.2, -0.15) is 0 Å². The van der Waals surface area contributed by atoms with E-state index in [4.69, 9.17) is 9.84 Å². The summed E-state index contributed by atoms with van der Waals surface area (Å²) in [4.78, 5) is 12.8. The molecule has 10 heteroatoms. The maximum atomic E-state index is 12.8. The van der Waals surface area contributed by atoms with Gasteiger partial charge in [-0.15, -0.1) is 12.4 Å². The average Bonchev–Trinajstić information content (AvgIpc) is 2.93. The number of carbonyl (C=O) groups is 1. The molecule has 0 radical (unpaired) electrons. The molecule has 3 rings (SSSR count). The highest BCUT2D eigenvalue weighted by Crippen LogP contribution is 2.28. The van der Waals surface area contributed by atoms with Crippen LogP contribution in [-0.4, -0.2) is 56.6 Å². The Labute approximate surface area is 243 Å². The van der Waals surface area contributed by atoms with Crippen LogP contribution in [-0.2, 0) is 16.4 Å². The number of rotatable bonds is 15. The molecule has 0 aliphatic heterocycles. The van der Waals surface area contributed by atoms with Crippen LogP contribution in [0.15, 0.2) is 72.8 Å². The smallest absolute Gasteiger partial charge is 0.268 e. The number of nitrogens with one attached hydrogen (secondary N) is 2. The lowest BCUT2D eigenvalue weighted by atomic mass is 10.0. The maximum absolute atomic E-state index is 12.8. The first-order chi connectivity index (χ1) is 18.7. The molecular weight excluding hydrogens is 552 g/mol. The second-order valence-corrected chi connectivity index (χ2v) is 11.7. The number of hydrogen-bond acceptors (Lipinski definition) is 7. The van der Waals surface area contributed by atoms with Gasteiger partial charge in [0.05, 0.1) is 24.0 Å². The minimum Gasteiger partial charge on any atom is -0.492 e. The molecule has 218 valence electrons. The highest BCUT2D eigenvalue weighted by molar-refractivity contribution is 7.90. The normalized spacial score (nSPS) is 12.0. The quantitative estimate of drug-likeness (QED) is 0.196. The van der Waals surface area contributed by atoms with E-state index in [1.165, 1.54) is 0 Å². The van der Waals surface area contributed by atoms with Crippen LogP contribution in [0, 0.1) is 5.92 Å². The van der Waals surface area contributed by atoms with Crippen molar-refractivity contribution in [2.75, 3.05) is 32.1 Å². The van der Waals surface area contributed by atoms with Gasteiger partial charge in [-0.05, 0) is 59.7 Å². The summed E-state index contributed by atoms with van der Waals surface area (Å²) in [7, 11) is -3.87. The van der Waals surface area contributed by atoms with Gasteiger partial charge in [0.1, 0.15) is 5.75 Å². The summed E-state index contributed by atoms with van der Waals surface area (Å²) in [6.45, 7) is 5.26. The van der Waals surface area contributed by atoms with Crippen molar-refractivity contribution >= 4 is 28.3 Å². The highest BCUT2D eigenvalue weighted by atomic mass is 35.5. The molecule has 40 heavy (non-hydrogen) atoms. The van der Waals surface area contributed by atoms with Gasteiger partial charge in [-0.1, -0.05) is 74.5 Å². The second kappa shape index (κ2) is 16.3. The van der Waals surface area contributed by atoms with Crippen LogP contribution in [0.25, 0.3) is 11.1 Å². The fourth-order valence-electron chi connectivity index (χ4n) is 3.90. The van der Waals surface area contributed by atoms with Gasteiger partial charge < -0.3 is 20.3 Å². The lowest BCUT2D eigenvalue weighted by Gasteiger charge is -2.15. The molecule has 3 aromatic rings. The van der Waals surface area contributed by atoms with Crippen molar-refractivity contribution in [3.63, 3.8) is 0 Å². The van der Waals surface area contributed by atoms with E-state index >= 15 is 0 Å². The number of carbonyl (C=O) groups excluding carboxylic acids is 1. The molecule has 0 aliphatic rings. The summed E-state index contributed by atoms with van der Waals surface area (Å²) in [5, 5.41) is 22.5. The molecule has 4 N–H and O–H groups in total. The van der Waals surface area contributed by atoms with Crippen LogP contribution >= 0.6 is 12.4 Å². The van der Waals surface area contributed by atoms with E-state index in [-0.39, 0.29) is 42.7 Å². The second-order valence-electron chi connectivity index (χ2n) is 9.82. The number of aliphatic hydroxyl groups excluding tert-OH is 2. The third kappa shape index (κ3) is 10.6. The Kier molecular flexibility index (Phi) is 13.6. The molecule has 1 amide bonds. The van der Waals surface area contributed by atoms with Crippen molar-refractivity contribution in [3.05, 3.63) is 89.5 Å². The SMILES string of the molecule is CC(C)COc1cc(-c2ccc(CCNC[C@@H](O)c3ccccc3)cc2)ccc1C(=O)NS(=O)(=O)CCCO.Cl. The van der Waals surface area contributed by atoms with E-state index in [0.717, 1.165) is 35.2 Å². The lowest BCUT2D eigenvalue weighted by Crippen LogP contribution is -2.33. The van der Waals surface area contributed by atoms with Crippen LogP contribution in [0.4, 0.5) is 0 Å². The minimum absolute atomic E-state index is 0. The number of halogens is 1. The van der Waals surface area contributed by atoms with E-state index < -0.39 is 22.0 Å². The molecule has 0 aromatic heterocycles. The third-order valence-electron chi connectivity index (χ3n) is 6.02. The topological polar surface area (TPSA) is 125 Å². The molecule has 0 unspecified atom stereocenters. The predicted molar refractivity (Wildman–Crippen MR) is 160 cm³/mol. The van der Waals surface area contributed by atoms with Crippen molar-refractivity contribution in [2.24, 2.45) is 5.92 Å². The molecule has 0 spiro atoms. The summed E-state index contributed by atoms with van der Waals surface area (Å²) in [6, 6.07) is 22.7. The van der Waals surface area contributed by atoms with Crippen LogP contribution in [0.1, 0.15) is 47.9 Å². The summed E-state index contributed by atoms with van der Waals surface area (Å²) in [5.74, 6) is -0.593. The average molecular weight is 591 g/mol. The van der Waals surface area contributed by atoms with Crippen molar-refractivity contribution in [2.45, 2.75) is 32.8 Å². The third-order valence-corrected chi connectivity index (χ3v) is 7.34. The number of sulfonamides is 1. The predicted octanol–water partition coefficient (Wildman–Crippen LogP) is 4.12. The first-order valence-corrected chi connectivity index (χ1v) is 14.8. The molecule has 3 aromatic carbocycles. The van der Waals surface area contributed by atoms with Crippen molar-refractivity contribution in [1.29, 1.82) is 0 Å². The number of benzene rings is 3. The van der Waals surface area contributed by atoms with E-state index in [9.17, 15) is 18.3 Å². The standard InChI is InChI=1S/C30H38N2O6S.ClH/c1-22(2)21-38-29-19-26(13-14-27(29)30(35)32-39(36,37)18-6-17-33)24-11-9-23(10-12-24)15-16-31-20-28(34)25-7-4-3-5-8-25;/h3-5,7-14,19,22,28,31,33-34H,6,15-18,20-21H2,1-2H3,(H,32,35);1H/t28-;/m1./s1. The number of amides is 1. The zero-order valence-corrected chi connectivity index (χ0v) is 24.5.